The van der Waals surface area contributed by atoms with Crippen molar-refractivity contribution < 1.29 is 14.3 Å². The predicted molar refractivity (Wildman–Crippen MR) is 112 cm³/mol. The molecular formula is C22H20FN5O2. The molecule has 2 aromatic carbocycles. The van der Waals surface area contributed by atoms with Gasteiger partial charge in [-0.3, -0.25) is 9.20 Å². The number of carbonyl (C=O) groups excluding carboxylic acids is 1. The van der Waals surface area contributed by atoms with Crippen molar-refractivity contribution in [1.29, 1.82) is 0 Å². The predicted octanol–water partition coefficient (Wildman–Crippen LogP) is 3.41. The van der Waals surface area contributed by atoms with Gasteiger partial charge < -0.3 is 16.2 Å². The molecule has 30 heavy (non-hydrogen) atoms. The number of aliphatic hydroxyl groups excluding tert-OH is 1. The Labute approximate surface area is 172 Å². The SMILES string of the molecule is Cc1cnc(N)c2c(-c3ccc(NC(=O)[C@H](O)c4cccc(F)c4)cc3)nc(C)n12. The molecule has 1 atom stereocenters. The molecule has 0 bridgehead atoms. The number of aryl methyl sites for hydroxylation is 2. The van der Waals surface area contributed by atoms with Crippen molar-refractivity contribution in [3.05, 3.63) is 77.6 Å². The number of benzene rings is 2. The molecule has 0 unspecified atom stereocenters. The third-order valence-electron chi connectivity index (χ3n) is 4.87. The molecular weight excluding hydrogens is 385 g/mol. The van der Waals surface area contributed by atoms with Crippen molar-refractivity contribution in [3.63, 3.8) is 0 Å². The minimum Gasteiger partial charge on any atom is -0.382 e. The molecule has 4 aromatic rings. The Balaban J connectivity index is 1.59. The number of nitrogens with two attached hydrogens (primary N) is 1. The van der Waals surface area contributed by atoms with Gasteiger partial charge in [0.25, 0.3) is 5.91 Å². The molecule has 4 N–H and O–H groups in total. The van der Waals surface area contributed by atoms with Crippen LogP contribution in [0.5, 0.6) is 0 Å². The summed E-state index contributed by atoms with van der Waals surface area (Å²) < 4.78 is 15.3. The fourth-order valence-electron chi connectivity index (χ4n) is 3.43. The van der Waals surface area contributed by atoms with Crippen LogP contribution in [0.25, 0.3) is 16.8 Å². The van der Waals surface area contributed by atoms with Crippen LogP contribution in [0.15, 0.2) is 54.7 Å². The second-order valence-corrected chi connectivity index (χ2v) is 7.00. The summed E-state index contributed by atoms with van der Waals surface area (Å²) in [5.41, 5.74) is 9.91. The maximum atomic E-state index is 13.3. The molecule has 8 heteroatoms. The van der Waals surface area contributed by atoms with Gasteiger partial charge in [-0.05, 0) is 43.7 Å². The molecule has 2 aromatic heterocycles. The number of amides is 1. The number of aromatic nitrogens is 3. The Morgan fingerprint density at radius 1 is 1.20 bits per heavy atom. The standard InChI is InChI=1S/C22H20FN5O2/c1-12-11-25-21(24)19-18(26-13(2)28(12)19)14-6-8-17(9-7-14)27-22(30)20(29)15-4-3-5-16(23)10-15/h3-11,20,29H,1-2H3,(H2,24,25)(H,27,30)/t20-/m1/s1. The van der Waals surface area contributed by atoms with E-state index in [0.29, 0.717) is 17.2 Å². The van der Waals surface area contributed by atoms with Gasteiger partial charge >= 0.3 is 0 Å². The molecule has 0 spiro atoms. The lowest BCUT2D eigenvalue weighted by Crippen LogP contribution is -2.20. The molecule has 0 radical (unpaired) electrons. The monoisotopic (exact) mass is 405 g/mol. The number of nitrogen functional groups attached to an aromatic ring is 1. The first kappa shape index (κ1) is 19.5. The summed E-state index contributed by atoms with van der Waals surface area (Å²) in [5.74, 6) is 0.00462. The van der Waals surface area contributed by atoms with E-state index in [0.717, 1.165) is 28.7 Å². The van der Waals surface area contributed by atoms with Crippen LogP contribution in [0.2, 0.25) is 0 Å². The summed E-state index contributed by atoms with van der Waals surface area (Å²) in [6, 6.07) is 12.3. The van der Waals surface area contributed by atoms with Gasteiger partial charge in [0.1, 0.15) is 28.7 Å². The van der Waals surface area contributed by atoms with E-state index in [2.05, 4.69) is 15.3 Å². The average molecular weight is 405 g/mol. The van der Waals surface area contributed by atoms with Crippen LogP contribution < -0.4 is 11.1 Å². The molecule has 152 valence electrons. The van der Waals surface area contributed by atoms with Crippen molar-refractivity contribution in [3.8, 4) is 11.3 Å². The van der Waals surface area contributed by atoms with Crippen LogP contribution in [0.4, 0.5) is 15.9 Å². The zero-order valence-electron chi connectivity index (χ0n) is 16.4. The van der Waals surface area contributed by atoms with Crippen molar-refractivity contribution >= 4 is 22.9 Å². The Morgan fingerprint density at radius 3 is 2.63 bits per heavy atom. The van der Waals surface area contributed by atoms with Gasteiger partial charge in [0.05, 0.1) is 0 Å². The van der Waals surface area contributed by atoms with E-state index in [1.807, 2.05) is 18.2 Å². The van der Waals surface area contributed by atoms with Crippen LogP contribution in [-0.2, 0) is 4.79 Å². The zero-order valence-corrected chi connectivity index (χ0v) is 16.4. The highest BCUT2D eigenvalue weighted by atomic mass is 19.1. The number of halogens is 1. The summed E-state index contributed by atoms with van der Waals surface area (Å²) in [7, 11) is 0. The highest BCUT2D eigenvalue weighted by molar-refractivity contribution is 5.95. The molecule has 2 heterocycles. The maximum Gasteiger partial charge on any atom is 0.257 e. The van der Waals surface area contributed by atoms with E-state index < -0.39 is 17.8 Å². The van der Waals surface area contributed by atoms with E-state index in [1.165, 1.54) is 18.2 Å². The van der Waals surface area contributed by atoms with Crippen LogP contribution in [0, 0.1) is 19.7 Å². The third-order valence-corrected chi connectivity index (χ3v) is 4.87. The van der Waals surface area contributed by atoms with Gasteiger partial charge in [0, 0.05) is 23.1 Å². The summed E-state index contributed by atoms with van der Waals surface area (Å²) in [6.07, 6.45) is 0.220. The largest absolute Gasteiger partial charge is 0.382 e. The lowest BCUT2D eigenvalue weighted by Gasteiger charge is -2.12. The van der Waals surface area contributed by atoms with Crippen LogP contribution in [0.1, 0.15) is 23.2 Å². The lowest BCUT2D eigenvalue weighted by atomic mass is 10.1. The van der Waals surface area contributed by atoms with Gasteiger partial charge in [-0.2, -0.15) is 0 Å². The van der Waals surface area contributed by atoms with Crippen molar-refractivity contribution in [2.24, 2.45) is 0 Å². The number of nitrogens with one attached hydrogen (secondary N) is 1. The van der Waals surface area contributed by atoms with E-state index in [-0.39, 0.29) is 5.56 Å². The first-order valence-corrected chi connectivity index (χ1v) is 9.30. The third kappa shape index (κ3) is 3.48. The molecule has 0 aliphatic rings. The fraction of sp³-hybridized carbons (Fsp3) is 0.136. The number of hydrogen-bond donors (Lipinski definition) is 3. The Bertz CT molecular complexity index is 1250. The van der Waals surface area contributed by atoms with E-state index in [9.17, 15) is 14.3 Å². The second kappa shape index (κ2) is 7.57. The van der Waals surface area contributed by atoms with Gasteiger partial charge in [0.15, 0.2) is 6.10 Å². The molecule has 4 rings (SSSR count). The first-order valence-electron chi connectivity index (χ1n) is 9.30. The zero-order chi connectivity index (χ0) is 21.4. The summed E-state index contributed by atoms with van der Waals surface area (Å²) in [5, 5.41) is 12.8. The molecule has 0 fully saturated rings. The Hall–Kier alpha value is -3.78. The van der Waals surface area contributed by atoms with Crippen LogP contribution in [0.3, 0.4) is 0 Å². The number of hydrogen-bond acceptors (Lipinski definition) is 5. The lowest BCUT2D eigenvalue weighted by molar-refractivity contribution is -0.124. The average Bonchev–Trinajstić information content (AvgIpc) is 3.09. The Morgan fingerprint density at radius 2 is 1.93 bits per heavy atom. The number of fused-ring (bicyclic) bond motifs is 1. The van der Waals surface area contributed by atoms with Gasteiger partial charge in [-0.1, -0.05) is 24.3 Å². The topological polar surface area (TPSA) is 106 Å². The molecule has 0 aliphatic carbocycles. The summed E-state index contributed by atoms with van der Waals surface area (Å²) >= 11 is 0. The van der Waals surface area contributed by atoms with Crippen molar-refractivity contribution in [2.75, 3.05) is 11.1 Å². The van der Waals surface area contributed by atoms with E-state index in [4.69, 9.17) is 5.73 Å². The molecule has 0 saturated heterocycles. The van der Waals surface area contributed by atoms with Crippen molar-refractivity contribution in [2.45, 2.75) is 20.0 Å². The molecule has 0 aliphatic heterocycles. The molecule has 0 saturated carbocycles. The minimum atomic E-state index is -1.48. The smallest absolute Gasteiger partial charge is 0.257 e. The molecule has 1 amide bonds. The Kier molecular flexibility index (Phi) is 4.93. The van der Waals surface area contributed by atoms with Crippen LogP contribution >= 0.6 is 0 Å². The number of nitrogens with zero attached hydrogens (tertiary/aromatic N) is 3. The number of rotatable bonds is 4. The highest BCUT2D eigenvalue weighted by Gasteiger charge is 2.19. The van der Waals surface area contributed by atoms with E-state index >= 15 is 0 Å². The van der Waals surface area contributed by atoms with E-state index in [1.54, 1.807) is 30.5 Å². The first-order chi connectivity index (χ1) is 14.3. The maximum absolute atomic E-state index is 13.3. The number of aliphatic hydroxyl groups is 1. The summed E-state index contributed by atoms with van der Waals surface area (Å²) in [4.78, 5) is 21.2. The number of imidazole rings is 1. The second-order valence-electron chi connectivity index (χ2n) is 7.00. The quantitative estimate of drug-likeness (QED) is 0.483. The normalized spacial score (nSPS) is 12.1. The highest BCUT2D eigenvalue weighted by Crippen LogP contribution is 2.30. The van der Waals surface area contributed by atoms with Gasteiger partial charge in [-0.15, -0.1) is 0 Å². The minimum absolute atomic E-state index is 0.183. The van der Waals surface area contributed by atoms with Crippen molar-refractivity contribution in [1.82, 2.24) is 14.4 Å². The van der Waals surface area contributed by atoms with Crippen LogP contribution in [-0.4, -0.2) is 25.4 Å². The molecule has 7 nitrogen and oxygen atoms in total. The summed E-state index contributed by atoms with van der Waals surface area (Å²) in [6.45, 7) is 3.83. The van der Waals surface area contributed by atoms with Gasteiger partial charge in [0.2, 0.25) is 0 Å². The number of carbonyl (C=O) groups is 1. The number of anilines is 2. The fourth-order valence-corrected chi connectivity index (χ4v) is 3.43. The van der Waals surface area contributed by atoms with Gasteiger partial charge in [-0.25, -0.2) is 14.4 Å².